The van der Waals surface area contributed by atoms with Crippen LogP contribution in [-0.2, 0) is 16.0 Å². The first-order valence-corrected chi connectivity index (χ1v) is 10.9. The molecule has 32 heavy (non-hydrogen) atoms. The third kappa shape index (κ3) is 4.58. The number of benzodiazepines with no additional fused rings is 1. The first kappa shape index (κ1) is 21.8. The standard InChI is InChI=1S/C26H24ClN3O2/c1-17(2)30-22-14-7-6-13-21(22)24(19-10-4-3-5-11-19)29-25(26(30)32)28-23(31)16-18-9-8-12-20(27)15-18/h3-15,17,25H,16H2,1-2H3,(H,28,31)/t25-/m1/s1. The third-order valence-electron chi connectivity index (χ3n) is 5.26. The molecule has 162 valence electrons. The number of hydrogen-bond acceptors (Lipinski definition) is 3. The van der Waals surface area contributed by atoms with Crippen molar-refractivity contribution in [3.05, 3.63) is 101 Å². The van der Waals surface area contributed by atoms with Crippen LogP contribution in [0.4, 0.5) is 5.69 Å². The summed E-state index contributed by atoms with van der Waals surface area (Å²) in [4.78, 5) is 32.9. The molecule has 1 aliphatic heterocycles. The zero-order valence-electron chi connectivity index (χ0n) is 18.0. The lowest BCUT2D eigenvalue weighted by molar-refractivity contribution is -0.127. The fourth-order valence-corrected chi connectivity index (χ4v) is 4.09. The number of carbonyl (C=O) groups is 2. The quantitative estimate of drug-likeness (QED) is 0.623. The van der Waals surface area contributed by atoms with E-state index >= 15 is 0 Å². The summed E-state index contributed by atoms with van der Waals surface area (Å²) in [5.74, 6) is -0.561. The van der Waals surface area contributed by atoms with Gasteiger partial charge in [-0.25, -0.2) is 4.99 Å². The third-order valence-corrected chi connectivity index (χ3v) is 5.50. The molecule has 0 bridgehead atoms. The molecular formula is C26H24ClN3O2. The van der Waals surface area contributed by atoms with Crippen LogP contribution in [0.15, 0.2) is 83.9 Å². The molecule has 0 fully saturated rings. The molecule has 1 atom stereocenters. The first-order valence-electron chi connectivity index (χ1n) is 10.5. The van der Waals surface area contributed by atoms with Crippen LogP contribution < -0.4 is 10.2 Å². The van der Waals surface area contributed by atoms with Crippen molar-refractivity contribution in [2.75, 3.05) is 4.90 Å². The zero-order valence-corrected chi connectivity index (χ0v) is 18.7. The lowest BCUT2D eigenvalue weighted by Crippen LogP contribution is -2.50. The van der Waals surface area contributed by atoms with Gasteiger partial charge in [-0.3, -0.25) is 9.59 Å². The highest BCUT2D eigenvalue weighted by Crippen LogP contribution is 2.29. The van der Waals surface area contributed by atoms with Gasteiger partial charge in [0, 0.05) is 22.2 Å². The minimum atomic E-state index is -1.04. The van der Waals surface area contributed by atoms with Gasteiger partial charge in [-0.05, 0) is 37.6 Å². The Balaban J connectivity index is 1.74. The van der Waals surface area contributed by atoms with Crippen molar-refractivity contribution in [1.29, 1.82) is 0 Å². The number of para-hydroxylation sites is 1. The largest absolute Gasteiger partial charge is 0.326 e. The molecule has 0 unspecified atom stereocenters. The van der Waals surface area contributed by atoms with Crippen LogP contribution in [0.3, 0.4) is 0 Å². The lowest BCUT2D eigenvalue weighted by Gasteiger charge is -2.29. The summed E-state index contributed by atoms with van der Waals surface area (Å²) in [6.45, 7) is 3.90. The van der Waals surface area contributed by atoms with Gasteiger partial charge >= 0.3 is 0 Å². The Bertz CT molecular complexity index is 1170. The lowest BCUT2D eigenvalue weighted by atomic mass is 10.00. The molecule has 0 aliphatic carbocycles. The summed E-state index contributed by atoms with van der Waals surface area (Å²) in [6, 6.07) is 24.4. The minimum absolute atomic E-state index is 0.106. The smallest absolute Gasteiger partial charge is 0.272 e. The average molecular weight is 446 g/mol. The fraction of sp³-hybridized carbons (Fsp3) is 0.192. The number of halogens is 1. The maximum atomic E-state index is 13.6. The number of nitrogens with one attached hydrogen (secondary N) is 1. The van der Waals surface area contributed by atoms with Crippen LogP contribution in [0, 0.1) is 0 Å². The Kier molecular flexibility index (Phi) is 6.37. The number of benzene rings is 3. The summed E-state index contributed by atoms with van der Waals surface area (Å²) in [5, 5.41) is 3.40. The number of aliphatic imine (C=N–C) groups is 1. The predicted octanol–water partition coefficient (Wildman–Crippen LogP) is 4.62. The highest BCUT2D eigenvalue weighted by molar-refractivity contribution is 6.30. The van der Waals surface area contributed by atoms with Gasteiger partial charge in [0.15, 0.2) is 0 Å². The second-order valence-corrected chi connectivity index (χ2v) is 8.38. The summed E-state index contributed by atoms with van der Waals surface area (Å²) in [7, 11) is 0. The number of carbonyl (C=O) groups excluding carboxylic acids is 2. The van der Waals surface area contributed by atoms with Gasteiger partial charge in [0.05, 0.1) is 17.8 Å². The van der Waals surface area contributed by atoms with E-state index in [1.54, 1.807) is 23.1 Å². The molecule has 0 spiro atoms. The molecule has 1 aliphatic rings. The molecule has 0 radical (unpaired) electrons. The van der Waals surface area contributed by atoms with Crippen LogP contribution in [0.5, 0.6) is 0 Å². The van der Waals surface area contributed by atoms with E-state index in [1.807, 2.05) is 74.5 Å². The zero-order chi connectivity index (χ0) is 22.7. The van der Waals surface area contributed by atoms with E-state index in [0.29, 0.717) is 10.7 Å². The Morgan fingerprint density at radius 1 is 1.03 bits per heavy atom. The van der Waals surface area contributed by atoms with Gasteiger partial charge in [0.25, 0.3) is 5.91 Å². The number of anilines is 1. The van der Waals surface area contributed by atoms with Crippen LogP contribution >= 0.6 is 11.6 Å². The fourth-order valence-electron chi connectivity index (χ4n) is 3.88. The average Bonchev–Trinajstić information content (AvgIpc) is 2.89. The molecular weight excluding hydrogens is 422 g/mol. The van der Waals surface area contributed by atoms with E-state index in [-0.39, 0.29) is 24.3 Å². The van der Waals surface area contributed by atoms with E-state index in [1.165, 1.54) is 0 Å². The number of amides is 2. The van der Waals surface area contributed by atoms with Crippen LogP contribution in [0.25, 0.3) is 0 Å². The molecule has 2 amide bonds. The van der Waals surface area contributed by atoms with Gasteiger partial charge < -0.3 is 10.2 Å². The Morgan fingerprint density at radius 3 is 2.47 bits per heavy atom. The molecule has 0 saturated carbocycles. The highest BCUT2D eigenvalue weighted by atomic mass is 35.5. The van der Waals surface area contributed by atoms with Crippen molar-refractivity contribution in [2.24, 2.45) is 4.99 Å². The van der Waals surface area contributed by atoms with E-state index < -0.39 is 6.17 Å². The highest BCUT2D eigenvalue weighted by Gasteiger charge is 2.34. The minimum Gasteiger partial charge on any atom is -0.326 e. The van der Waals surface area contributed by atoms with E-state index in [0.717, 1.165) is 22.4 Å². The Hall–Kier alpha value is -3.44. The van der Waals surface area contributed by atoms with Gasteiger partial charge in [-0.2, -0.15) is 0 Å². The maximum Gasteiger partial charge on any atom is 0.272 e. The summed E-state index contributed by atoms with van der Waals surface area (Å²) in [6.07, 6.45) is -0.929. The Morgan fingerprint density at radius 2 is 1.75 bits per heavy atom. The molecule has 4 rings (SSSR count). The Labute approximate surface area is 192 Å². The van der Waals surface area contributed by atoms with Gasteiger partial charge in [-0.1, -0.05) is 72.3 Å². The number of hydrogen-bond donors (Lipinski definition) is 1. The predicted molar refractivity (Wildman–Crippen MR) is 128 cm³/mol. The second kappa shape index (κ2) is 9.37. The summed E-state index contributed by atoms with van der Waals surface area (Å²) < 4.78 is 0. The van der Waals surface area contributed by atoms with Crippen LogP contribution in [0.2, 0.25) is 5.02 Å². The number of rotatable bonds is 5. The maximum absolute atomic E-state index is 13.6. The molecule has 3 aromatic rings. The normalized spacial score (nSPS) is 15.8. The van der Waals surface area contributed by atoms with Crippen molar-refractivity contribution < 1.29 is 9.59 Å². The van der Waals surface area contributed by atoms with Crippen molar-refractivity contribution in [3.63, 3.8) is 0 Å². The van der Waals surface area contributed by atoms with Crippen molar-refractivity contribution in [3.8, 4) is 0 Å². The molecule has 0 aromatic heterocycles. The van der Waals surface area contributed by atoms with Gasteiger partial charge in [0.2, 0.25) is 12.1 Å². The van der Waals surface area contributed by atoms with Crippen LogP contribution in [0.1, 0.15) is 30.5 Å². The summed E-state index contributed by atoms with van der Waals surface area (Å²) in [5.41, 5.74) is 3.96. The number of nitrogens with zero attached hydrogens (tertiary/aromatic N) is 2. The first-order chi connectivity index (χ1) is 15.4. The molecule has 5 nitrogen and oxygen atoms in total. The van der Waals surface area contributed by atoms with Crippen molar-refractivity contribution >= 4 is 34.8 Å². The van der Waals surface area contributed by atoms with E-state index in [9.17, 15) is 9.59 Å². The second-order valence-electron chi connectivity index (χ2n) is 7.94. The monoisotopic (exact) mass is 445 g/mol. The van der Waals surface area contributed by atoms with E-state index in [2.05, 4.69) is 5.32 Å². The SMILES string of the molecule is CC(C)N1C(=O)[C@H](NC(=O)Cc2cccc(Cl)c2)N=C(c2ccccc2)c2ccccc21. The van der Waals surface area contributed by atoms with Crippen molar-refractivity contribution in [1.82, 2.24) is 5.32 Å². The molecule has 3 aromatic carbocycles. The van der Waals surface area contributed by atoms with Crippen LogP contribution in [-0.4, -0.2) is 29.7 Å². The molecule has 1 N–H and O–H groups in total. The molecule has 1 heterocycles. The summed E-state index contributed by atoms with van der Waals surface area (Å²) >= 11 is 6.04. The van der Waals surface area contributed by atoms with Gasteiger partial charge in [0.1, 0.15) is 0 Å². The molecule has 0 saturated heterocycles. The number of fused-ring (bicyclic) bond motifs is 1. The topological polar surface area (TPSA) is 61.8 Å². The van der Waals surface area contributed by atoms with E-state index in [4.69, 9.17) is 16.6 Å². The van der Waals surface area contributed by atoms with Gasteiger partial charge in [-0.15, -0.1) is 0 Å². The molecule has 6 heteroatoms. The van der Waals surface area contributed by atoms with Crippen molar-refractivity contribution in [2.45, 2.75) is 32.5 Å².